The summed E-state index contributed by atoms with van der Waals surface area (Å²) in [5.41, 5.74) is 0. The van der Waals surface area contributed by atoms with Crippen LogP contribution in [0.4, 0.5) is 0 Å². The van der Waals surface area contributed by atoms with Gasteiger partial charge in [-0.25, -0.2) is 0 Å². The Kier molecular flexibility index (Phi) is 34.5. The van der Waals surface area contributed by atoms with Crippen LogP contribution in [-0.2, 0) is 18.4 Å². The Bertz CT molecular complexity index is 850. The summed E-state index contributed by atoms with van der Waals surface area (Å²) in [7, 11) is 1.29. The lowest BCUT2D eigenvalue weighted by Gasteiger charge is -2.30. The number of nitrogens with zero attached hydrogens (tertiary/aromatic N) is 1. The third-order valence-corrected chi connectivity index (χ3v) is 10.7. The topological polar surface area (TPSA) is 108 Å². The highest BCUT2D eigenvalue weighted by atomic mass is 31.2. The van der Waals surface area contributed by atoms with E-state index in [-0.39, 0.29) is 19.1 Å². The summed E-state index contributed by atoms with van der Waals surface area (Å²) in [4.78, 5) is 25.2. The van der Waals surface area contributed by atoms with E-state index in [4.69, 9.17) is 9.05 Å². The normalized spacial score (nSPS) is 14.6. The third kappa shape index (κ3) is 37.4. The number of likely N-dealkylation sites (N-methyl/N-ethyl adjacent to an activating group) is 1. The van der Waals surface area contributed by atoms with Gasteiger partial charge in [-0.3, -0.25) is 9.36 Å². The second-order valence-corrected chi connectivity index (χ2v) is 17.5. The van der Waals surface area contributed by atoms with E-state index in [0.717, 1.165) is 44.9 Å². The van der Waals surface area contributed by atoms with Crippen molar-refractivity contribution >= 4 is 13.7 Å². The number of nitrogens with one attached hydrogen (secondary N) is 1. The maximum Gasteiger partial charge on any atom is 0.268 e. The summed E-state index contributed by atoms with van der Waals surface area (Å²) in [5, 5.41) is 13.8. The predicted molar refractivity (Wildman–Crippen MR) is 215 cm³/mol. The number of amides is 1. The van der Waals surface area contributed by atoms with E-state index in [9.17, 15) is 19.4 Å². The van der Waals surface area contributed by atoms with Crippen molar-refractivity contribution in [2.75, 3.05) is 40.9 Å². The highest BCUT2D eigenvalue weighted by Crippen LogP contribution is 2.38. The van der Waals surface area contributed by atoms with Crippen molar-refractivity contribution in [1.29, 1.82) is 0 Å². The lowest BCUT2D eigenvalue weighted by atomic mass is 10.0. The maximum absolute atomic E-state index is 12.8. The molecule has 9 heteroatoms. The fraction of sp³-hybridized carbons (Fsp3) is 0.929. The number of hydrogen-bond donors (Lipinski definition) is 2. The molecular weight excluding hydrogens is 659 g/mol. The van der Waals surface area contributed by atoms with E-state index in [2.05, 4.69) is 31.3 Å². The number of carbonyl (C=O) groups excluding carboxylic acids is 1. The van der Waals surface area contributed by atoms with E-state index < -0.39 is 20.0 Å². The van der Waals surface area contributed by atoms with Gasteiger partial charge < -0.3 is 28.8 Å². The first-order chi connectivity index (χ1) is 24.5. The van der Waals surface area contributed by atoms with E-state index in [1.165, 1.54) is 128 Å². The summed E-state index contributed by atoms with van der Waals surface area (Å²) in [6.07, 6.45) is 37.9. The number of unbranched alkanes of at least 4 members (excludes halogenated alkanes) is 24. The van der Waals surface area contributed by atoms with Gasteiger partial charge in [0.25, 0.3) is 7.82 Å². The molecule has 0 aliphatic carbocycles. The monoisotopic (exact) mass is 745 g/mol. The largest absolute Gasteiger partial charge is 0.756 e. The van der Waals surface area contributed by atoms with E-state index in [1.807, 2.05) is 21.1 Å². The molecule has 0 rings (SSSR count). The molecule has 1 amide bonds. The SMILES string of the molecule is CCCCCC/C=C/CCCC[C@@H](O)[C@H](COP(=O)([O-])OCC[N+](C)(C)C)NC(=O)CCCCCCCCCCCCCCCCCCCCC. The maximum atomic E-state index is 12.8. The summed E-state index contributed by atoms with van der Waals surface area (Å²) in [6, 6.07) is -0.809. The zero-order valence-corrected chi connectivity index (χ0v) is 35.2. The van der Waals surface area contributed by atoms with Crippen molar-refractivity contribution in [2.45, 2.75) is 212 Å². The van der Waals surface area contributed by atoms with Crippen molar-refractivity contribution in [3.63, 3.8) is 0 Å². The molecule has 0 saturated heterocycles. The molecule has 0 spiro atoms. The number of carbonyl (C=O) groups is 1. The summed E-state index contributed by atoms with van der Waals surface area (Å²) in [6.45, 7) is 4.67. The fourth-order valence-electron chi connectivity index (χ4n) is 6.27. The molecule has 0 aliphatic rings. The van der Waals surface area contributed by atoms with Crippen LogP contribution in [0.1, 0.15) is 200 Å². The van der Waals surface area contributed by atoms with Crippen LogP contribution in [0.5, 0.6) is 0 Å². The van der Waals surface area contributed by atoms with Crippen LogP contribution in [-0.4, -0.2) is 68.5 Å². The fourth-order valence-corrected chi connectivity index (χ4v) is 6.99. The Labute approximate surface area is 316 Å². The summed E-state index contributed by atoms with van der Waals surface area (Å²) >= 11 is 0. The van der Waals surface area contributed by atoms with Crippen molar-refractivity contribution in [1.82, 2.24) is 5.32 Å². The average Bonchev–Trinajstić information content (AvgIpc) is 3.07. The second kappa shape index (κ2) is 35.0. The van der Waals surface area contributed by atoms with Crippen LogP contribution in [0.25, 0.3) is 0 Å². The molecule has 0 radical (unpaired) electrons. The number of phosphoric acid groups is 1. The minimum absolute atomic E-state index is 0.00931. The quantitative estimate of drug-likeness (QED) is 0.0281. The van der Waals surface area contributed by atoms with Crippen LogP contribution in [0.2, 0.25) is 0 Å². The Hall–Kier alpha value is -0.760. The zero-order chi connectivity index (χ0) is 37.9. The zero-order valence-electron chi connectivity index (χ0n) is 34.3. The molecule has 0 fully saturated rings. The number of aliphatic hydroxyl groups is 1. The summed E-state index contributed by atoms with van der Waals surface area (Å²) in [5.74, 6) is -0.174. The lowest BCUT2D eigenvalue weighted by molar-refractivity contribution is -0.870. The number of quaternary nitrogens is 1. The smallest absolute Gasteiger partial charge is 0.268 e. The Balaban J connectivity index is 4.28. The molecular formula is C42H85N2O6P. The Morgan fingerprint density at radius 3 is 1.53 bits per heavy atom. The molecule has 0 saturated carbocycles. The molecule has 0 heterocycles. The van der Waals surface area contributed by atoms with E-state index >= 15 is 0 Å². The number of phosphoric ester groups is 1. The molecule has 0 aromatic rings. The van der Waals surface area contributed by atoms with Crippen LogP contribution in [0.3, 0.4) is 0 Å². The van der Waals surface area contributed by atoms with Crippen LogP contribution < -0.4 is 10.2 Å². The van der Waals surface area contributed by atoms with Crippen LogP contribution in [0, 0.1) is 0 Å². The van der Waals surface area contributed by atoms with Gasteiger partial charge in [0.15, 0.2) is 0 Å². The van der Waals surface area contributed by atoms with Crippen LogP contribution >= 0.6 is 7.82 Å². The Morgan fingerprint density at radius 2 is 1.08 bits per heavy atom. The van der Waals surface area contributed by atoms with Crippen molar-refractivity contribution < 1.29 is 32.9 Å². The van der Waals surface area contributed by atoms with Crippen molar-refractivity contribution in [2.24, 2.45) is 0 Å². The number of allylic oxidation sites excluding steroid dienone is 2. The molecule has 304 valence electrons. The number of hydrogen-bond acceptors (Lipinski definition) is 6. The van der Waals surface area contributed by atoms with Gasteiger partial charge >= 0.3 is 0 Å². The molecule has 2 N–H and O–H groups in total. The highest BCUT2D eigenvalue weighted by molar-refractivity contribution is 7.45. The first kappa shape index (κ1) is 50.2. The minimum Gasteiger partial charge on any atom is -0.756 e. The number of aliphatic hydroxyl groups excluding tert-OH is 1. The van der Waals surface area contributed by atoms with Gasteiger partial charge in [-0.05, 0) is 38.5 Å². The first-order valence-corrected chi connectivity index (χ1v) is 23.0. The van der Waals surface area contributed by atoms with Gasteiger partial charge in [0, 0.05) is 6.42 Å². The van der Waals surface area contributed by atoms with Gasteiger partial charge in [-0.1, -0.05) is 167 Å². The molecule has 8 nitrogen and oxygen atoms in total. The molecule has 3 atom stereocenters. The average molecular weight is 745 g/mol. The lowest BCUT2D eigenvalue weighted by Crippen LogP contribution is -2.46. The van der Waals surface area contributed by atoms with E-state index in [1.54, 1.807) is 0 Å². The molecule has 0 bridgehead atoms. The molecule has 1 unspecified atom stereocenters. The van der Waals surface area contributed by atoms with Gasteiger partial charge in [-0.15, -0.1) is 0 Å². The van der Waals surface area contributed by atoms with Gasteiger partial charge in [0.05, 0.1) is 39.9 Å². The standard InChI is InChI=1S/C42H85N2O6P/c1-6-8-10-12-14-16-18-19-20-21-22-23-24-25-26-28-30-32-34-36-42(46)43-40(39-50-51(47,48)49-38-37-44(3,4)5)41(45)35-33-31-29-27-17-15-13-11-9-7-2/h17,27,40-41,45H,6-16,18-26,28-39H2,1-5H3,(H-,43,46,47,48)/b27-17+/t40-,41+/m0/s1. The van der Waals surface area contributed by atoms with Crippen molar-refractivity contribution in [3.05, 3.63) is 12.2 Å². The molecule has 0 aromatic carbocycles. The molecule has 0 aliphatic heterocycles. The Morgan fingerprint density at radius 1 is 0.667 bits per heavy atom. The first-order valence-electron chi connectivity index (χ1n) is 21.5. The molecule has 0 aromatic heterocycles. The summed E-state index contributed by atoms with van der Waals surface area (Å²) < 4.78 is 23.2. The molecule has 51 heavy (non-hydrogen) atoms. The van der Waals surface area contributed by atoms with Gasteiger partial charge in [0.2, 0.25) is 5.91 Å². The highest BCUT2D eigenvalue weighted by Gasteiger charge is 2.24. The minimum atomic E-state index is -4.56. The van der Waals surface area contributed by atoms with Gasteiger partial charge in [-0.2, -0.15) is 0 Å². The van der Waals surface area contributed by atoms with E-state index in [0.29, 0.717) is 23.9 Å². The number of rotatable bonds is 39. The van der Waals surface area contributed by atoms with Crippen LogP contribution in [0.15, 0.2) is 12.2 Å². The second-order valence-electron chi connectivity index (χ2n) is 16.1. The third-order valence-electron chi connectivity index (χ3n) is 9.75. The van der Waals surface area contributed by atoms with Gasteiger partial charge in [0.1, 0.15) is 13.2 Å². The predicted octanol–water partition coefficient (Wildman–Crippen LogP) is 10.9. The van der Waals surface area contributed by atoms with Crippen molar-refractivity contribution in [3.8, 4) is 0 Å².